The van der Waals surface area contributed by atoms with Gasteiger partial charge in [0, 0.05) is 24.5 Å². The predicted molar refractivity (Wildman–Crippen MR) is 98.6 cm³/mol. The molecule has 1 amide bonds. The summed E-state index contributed by atoms with van der Waals surface area (Å²) in [7, 11) is 0. The lowest BCUT2D eigenvalue weighted by Gasteiger charge is -2.23. The average Bonchev–Trinajstić information content (AvgIpc) is 2.89. The molecule has 1 aromatic heterocycles. The molecule has 1 fully saturated rings. The molecule has 0 spiro atoms. The molecule has 4 nitrogen and oxygen atoms in total. The Hall–Kier alpha value is -1.43. The van der Waals surface area contributed by atoms with Gasteiger partial charge in [-0.1, -0.05) is 6.92 Å². The van der Waals surface area contributed by atoms with Gasteiger partial charge in [0.2, 0.25) is 0 Å². The number of rotatable bonds is 2. The largest absolute Gasteiger partial charge is 0.338 e. The first-order valence-corrected chi connectivity index (χ1v) is 7.48. The first kappa shape index (κ1) is 20.6. The van der Waals surface area contributed by atoms with Crippen molar-refractivity contribution in [2.75, 3.05) is 19.6 Å². The lowest BCUT2D eigenvalue weighted by atomic mass is 9.90. The minimum absolute atomic E-state index is 0. The van der Waals surface area contributed by atoms with Crippen LogP contribution in [-0.2, 0) is 0 Å². The van der Waals surface area contributed by atoms with Crippen LogP contribution >= 0.6 is 24.8 Å². The van der Waals surface area contributed by atoms with Crippen molar-refractivity contribution in [3.05, 3.63) is 41.3 Å². The van der Waals surface area contributed by atoms with Crippen molar-refractivity contribution in [3.8, 4) is 0 Å². The lowest BCUT2D eigenvalue weighted by Crippen LogP contribution is -2.34. The summed E-state index contributed by atoms with van der Waals surface area (Å²) < 4.78 is 13.3. The number of benzene rings is 1. The summed E-state index contributed by atoms with van der Waals surface area (Å²) in [5.41, 5.74) is 7.58. The molecule has 0 saturated carbocycles. The topological polar surface area (TPSA) is 59.2 Å². The molecule has 2 N–H and O–H groups in total. The molecule has 1 aliphatic heterocycles. The number of fused-ring (bicyclic) bond motifs is 1. The van der Waals surface area contributed by atoms with E-state index in [0.29, 0.717) is 36.4 Å². The van der Waals surface area contributed by atoms with Gasteiger partial charge in [-0.25, -0.2) is 4.39 Å². The van der Waals surface area contributed by atoms with Gasteiger partial charge < -0.3 is 10.6 Å². The van der Waals surface area contributed by atoms with Crippen LogP contribution in [-0.4, -0.2) is 35.4 Å². The van der Waals surface area contributed by atoms with Crippen molar-refractivity contribution in [1.29, 1.82) is 0 Å². The molecule has 1 aliphatic rings. The van der Waals surface area contributed by atoms with Crippen molar-refractivity contribution < 1.29 is 9.18 Å². The smallest absolute Gasteiger partial charge is 0.255 e. The molecular formula is C17H22Cl2FN3O. The molecule has 1 aromatic carbocycles. The average molecular weight is 374 g/mol. The van der Waals surface area contributed by atoms with E-state index in [1.807, 2.05) is 4.90 Å². The Morgan fingerprint density at radius 3 is 2.71 bits per heavy atom. The molecular weight excluding hydrogens is 352 g/mol. The van der Waals surface area contributed by atoms with Crippen molar-refractivity contribution in [3.63, 3.8) is 0 Å². The van der Waals surface area contributed by atoms with Crippen LogP contribution in [0.25, 0.3) is 10.9 Å². The van der Waals surface area contributed by atoms with E-state index in [1.54, 1.807) is 19.1 Å². The Morgan fingerprint density at radius 1 is 1.38 bits per heavy atom. The maximum absolute atomic E-state index is 13.3. The summed E-state index contributed by atoms with van der Waals surface area (Å²) >= 11 is 0. The Labute approximate surface area is 153 Å². The summed E-state index contributed by atoms with van der Waals surface area (Å²) in [6, 6.07) is 6.23. The zero-order chi connectivity index (χ0) is 15.9. The molecule has 2 heterocycles. The number of carbonyl (C=O) groups excluding carboxylic acids is 1. The molecule has 0 bridgehead atoms. The SMILES string of the molecule is Cc1nc2cc(F)ccc2cc1C(=O)N1CCC(C)(CN)C1.Cl.Cl. The van der Waals surface area contributed by atoms with Gasteiger partial charge >= 0.3 is 0 Å². The number of hydrogen-bond donors (Lipinski definition) is 1. The van der Waals surface area contributed by atoms with Gasteiger partial charge in [-0.3, -0.25) is 9.78 Å². The monoisotopic (exact) mass is 373 g/mol. The van der Waals surface area contributed by atoms with Gasteiger partial charge in [0.25, 0.3) is 5.91 Å². The molecule has 1 saturated heterocycles. The van der Waals surface area contributed by atoms with E-state index in [-0.39, 0.29) is 42.0 Å². The highest BCUT2D eigenvalue weighted by Crippen LogP contribution is 2.30. The Bertz CT molecular complexity index is 756. The van der Waals surface area contributed by atoms with Crippen LogP contribution in [0.1, 0.15) is 29.4 Å². The molecule has 1 unspecified atom stereocenters. The number of aromatic nitrogens is 1. The Kier molecular flexibility index (Phi) is 6.56. The van der Waals surface area contributed by atoms with Crippen LogP contribution in [0.5, 0.6) is 0 Å². The number of carbonyl (C=O) groups is 1. The molecule has 2 aromatic rings. The fourth-order valence-electron chi connectivity index (χ4n) is 2.99. The van der Waals surface area contributed by atoms with Gasteiger partial charge in [-0.15, -0.1) is 24.8 Å². The van der Waals surface area contributed by atoms with E-state index in [1.165, 1.54) is 12.1 Å². The molecule has 0 aliphatic carbocycles. The van der Waals surface area contributed by atoms with E-state index in [0.717, 1.165) is 11.8 Å². The quantitative estimate of drug-likeness (QED) is 0.877. The maximum atomic E-state index is 13.3. The van der Waals surface area contributed by atoms with Crippen LogP contribution in [0.15, 0.2) is 24.3 Å². The van der Waals surface area contributed by atoms with Crippen LogP contribution in [0, 0.1) is 18.2 Å². The first-order chi connectivity index (χ1) is 10.4. The zero-order valence-electron chi connectivity index (χ0n) is 13.7. The second-order valence-corrected chi connectivity index (χ2v) is 6.45. The molecule has 0 radical (unpaired) electrons. The fourth-order valence-corrected chi connectivity index (χ4v) is 2.99. The van der Waals surface area contributed by atoms with Gasteiger partial charge in [-0.05, 0) is 43.5 Å². The molecule has 132 valence electrons. The van der Waals surface area contributed by atoms with Crippen LogP contribution in [0.3, 0.4) is 0 Å². The number of nitrogens with two attached hydrogens (primary N) is 1. The number of aryl methyl sites for hydroxylation is 1. The summed E-state index contributed by atoms with van der Waals surface area (Å²) in [5.74, 6) is -0.342. The van der Waals surface area contributed by atoms with Crippen molar-refractivity contribution in [2.24, 2.45) is 11.1 Å². The minimum atomic E-state index is -0.322. The molecule has 7 heteroatoms. The lowest BCUT2D eigenvalue weighted by molar-refractivity contribution is 0.0776. The third kappa shape index (κ3) is 3.79. The zero-order valence-corrected chi connectivity index (χ0v) is 15.3. The molecule has 1 atom stereocenters. The number of hydrogen-bond acceptors (Lipinski definition) is 3. The summed E-state index contributed by atoms with van der Waals surface area (Å²) in [5, 5.41) is 0.774. The van der Waals surface area contributed by atoms with Crippen LogP contribution < -0.4 is 5.73 Å². The van der Waals surface area contributed by atoms with E-state index >= 15 is 0 Å². The standard InChI is InChI=1S/C17H20FN3O.2ClH/c1-11-14(7-12-3-4-13(18)8-15(12)20-11)16(22)21-6-5-17(2,9-19)10-21;;/h3-4,7-8H,5-6,9-10,19H2,1-2H3;2*1H. The number of nitrogens with zero attached hydrogens (tertiary/aromatic N) is 2. The normalized spacial score (nSPS) is 19.8. The van der Waals surface area contributed by atoms with Gasteiger partial charge in [0.05, 0.1) is 16.8 Å². The molecule has 24 heavy (non-hydrogen) atoms. The highest BCUT2D eigenvalue weighted by Gasteiger charge is 2.35. The van der Waals surface area contributed by atoms with Crippen LogP contribution in [0.4, 0.5) is 4.39 Å². The highest BCUT2D eigenvalue weighted by atomic mass is 35.5. The first-order valence-electron chi connectivity index (χ1n) is 7.48. The second kappa shape index (κ2) is 7.64. The van der Waals surface area contributed by atoms with E-state index in [9.17, 15) is 9.18 Å². The molecule has 3 rings (SSSR count). The van der Waals surface area contributed by atoms with Gasteiger partial charge in [0.15, 0.2) is 0 Å². The number of halogens is 3. The third-order valence-corrected chi connectivity index (χ3v) is 4.54. The predicted octanol–water partition coefficient (Wildman–Crippen LogP) is 3.34. The summed E-state index contributed by atoms with van der Waals surface area (Å²) in [6.45, 7) is 5.85. The van der Waals surface area contributed by atoms with Crippen molar-refractivity contribution >= 4 is 41.6 Å². The highest BCUT2D eigenvalue weighted by molar-refractivity contribution is 5.98. The van der Waals surface area contributed by atoms with E-state index in [4.69, 9.17) is 5.73 Å². The summed E-state index contributed by atoms with van der Waals surface area (Å²) in [4.78, 5) is 19.0. The van der Waals surface area contributed by atoms with Crippen LogP contribution in [0.2, 0.25) is 0 Å². The Morgan fingerprint density at radius 2 is 2.08 bits per heavy atom. The number of amides is 1. The van der Waals surface area contributed by atoms with Crippen molar-refractivity contribution in [1.82, 2.24) is 9.88 Å². The fraction of sp³-hybridized carbons (Fsp3) is 0.412. The Balaban J connectivity index is 0.00000144. The van der Waals surface area contributed by atoms with Crippen molar-refractivity contribution in [2.45, 2.75) is 20.3 Å². The number of likely N-dealkylation sites (tertiary alicyclic amines) is 1. The third-order valence-electron chi connectivity index (χ3n) is 4.54. The maximum Gasteiger partial charge on any atom is 0.255 e. The second-order valence-electron chi connectivity index (χ2n) is 6.45. The van der Waals surface area contributed by atoms with Gasteiger partial charge in [-0.2, -0.15) is 0 Å². The summed E-state index contributed by atoms with van der Waals surface area (Å²) in [6.07, 6.45) is 0.917. The van der Waals surface area contributed by atoms with E-state index in [2.05, 4.69) is 11.9 Å². The van der Waals surface area contributed by atoms with E-state index < -0.39 is 0 Å². The van der Waals surface area contributed by atoms with Gasteiger partial charge in [0.1, 0.15) is 5.82 Å². The number of pyridine rings is 1. The minimum Gasteiger partial charge on any atom is -0.338 e.